The van der Waals surface area contributed by atoms with Gasteiger partial charge in [0.05, 0.1) is 6.04 Å². The van der Waals surface area contributed by atoms with Crippen LogP contribution in [0.25, 0.3) is 0 Å². The fraction of sp³-hybridized carbons (Fsp3) is 0.217. The molecule has 2 atom stereocenters. The van der Waals surface area contributed by atoms with Crippen LogP contribution in [0.4, 0.5) is 4.79 Å². The number of amides is 3. The third kappa shape index (κ3) is 5.53. The molecular formula is C23H25N3O2S. The van der Waals surface area contributed by atoms with Crippen molar-refractivity contribution in [3.8, 4) is 0 Å². The van der Waals surface area contributed by atoms with E-state index in [1.165, 1.54) is 5.56 Å². The van der Waals surface area contributed by atoms with Gasteiger partial charge in [0, 0.05) is 11.4 Å². The van der Waals surface area contributed by atoms with Crippen LogP contribution in [0.5, 0.6) is 0 Å². The third-order valence-electron chi connectivity index (χ3n) is 4.54. The van der Waals surface area contributed by atoms with Crippen LogP contribution < -0.4 is 16.0 Å². The summed E-state index contributed by atoms with van der Waals surface area (Å²) in [5.74, 6) is -0.393. The van der Waals surface area contributed by atoms with Crippen molar-refractivity contribution >= 4 is 23.3 Å². The molecule has 0 spiro atoms. The van der Waals surface area contributed by atoms with E-state index in [0.29, 0.717) is 6.54 Å². The number of thiophene rings is 1. The molecule has 1 aromatic heterocycles. The molecule has 1 heterocycles. The first-order valence-electron chi connectivity index (χ1n) is 9.58. The van der Waals surface area contributed by atoms with E-state index in [-0.39, 0.29) is 6.04 Å². The first-order chi connectivity index (χ1) is 14.1. The molecule has 0 bridgehead atoms. The average molecular weight is 408 g/mol. The van der Waals surface area contributed by atoms with Crippen molar-refractivity contribution in [1.82, 2.24) is 16.0 Å². The Morgan fingerprint density at radius 2 is 1.66 bits per heavy atom. The summed E-state index contributed by atoms with van der Waals surface area (Å²) in [5.41, 5.74) is 3.03. The second kappa shape index (κ2) is 10.0. The molecule has 0 aliphatic carbocycles. The lowest BCUT2D eigenvalue weighted by Crippen LogP contribution is -2.45. The van der Waals surface area contributed by atoms with E-state index in [1.807, 2.05) is 54.8 Å². The topological polar surface area (TPSA) is 70.2 Å². The molecule has 3 amide bonds. The fourth-order valence-electron chi connectivity index (χ4n) is 3.08. The number of urea groups is 1. The van der Waals surface area contributed by atoms with Gasteiger partial charge in [-0.1, -0.05) is 66.2 Å². The molecule has 3 aromatic rings. The van der Waals surface area contributed by atoms with Crippen molar-refractivity contribution in [2.24, 2.45) is 0 Å². The summed E-state index contributed by atoms with van der Waals surface area (Å²) in [5, 5.41) is 10.5. The molecule has 6 heteroatoms. The first-order valence-corrected chi connectivity index (χ1v) is 10.5. The zero-order chi connectivity index (χ0) is 20.6. The molecule has 5 nitrogen and oxygen atoms in total. The molecule has 2 aromatic carbocycles. The molecule has 0 fully saturated rings. The maximum absolute atomic E-state index is 13.0. The van der Waals surface area contributed by atoms with E-state index in [0.717, 1.165) is 16.0 Å². The van der Waals surface area contributed by atoms with Gasteiger partial charge in [-0.25, -0.2) is 4.79 Å². The Labute approximate surface area is 175 Å². The Morgan fingerprint density at radius 3 is 2.28 bits per heavy atom. The lowest BCUT2D eigenvalue weighted by Gasteiger charge is -2.25. The number of hydrogen-bond donors (Lipinski definition) is 3. The van der Waals surface area contributed by atoms with Gasteiger partial charge in [-0.3, -0.25) is 15.4 Å². The smallest absolute Gasteiger partial charge is 0.321 e. The van der Waals surface area contributed by atoms with Crippen LogP contribution in [0.1, 0.15) is 40.6 Å². The van der Waals surface area contributed by atoms with Crippen LogP contribution in [-0.4, -0.2) is 18.5 Å². The number of carbonyl (C=O) groups excluding carboxylic acids is 2. The van der Waals surface area contributed by atoms with Crippen LogP contribution >= 0.6 is 11.3 Å². The van der Waals surface area contributed by atoms with Gasteiger partial charge in [-0.15, -0.1) is 11.3 Å². The fourth-order valence-corrected chi connectivity index (χ4v) is 3.89. The highest BCUT2D eigenvalue weighted by Gasteiger charge is 2.27. The lowest BCUT2D eigenvalue weighted by molar-refractivity contribution is -0.122. The van der Waals surface area contributed by atoms with Crippen molar-refractivity contribution in [1.29, 1.82) is 0 Å². The van der Waals surface area contributed by atoms with Gasteiger partial charge in [-0.2, -0.15) is 0 Å². The van der Waals surface area contributed by atoms with Crippen molar-refractivity contribution in [3.05, 3.63) is 93.7 Å². The second-order valence-electron chi connectivity index (χ2n) is 6.72. The minimum absolute atomic E-state index is 0.180. The number of nitrogens with one attached hydrogen (secondary N) is 3. The predicted molar refractivity (Wildman–Crippen MR) is 117 cm³/mol. The zero-order valence-electron chi connectivity index (χ0n) is 16.5. The van der Waals surface area contributed by atoms with Crippen molar-refractivity contribution in [3.63, 3.8) is 0 Å². The van der Waals surface area contributed by atoms with E-state index in [1.54, 1.807) is 18.3 Å². The number of hydrogen-bond acceptors (Lipinski definition) is 4. The standard InChI is InChI=1S/C23H25N3O2S/c1-3-24-23(28)26-22(27)21(17-8-5-4-6-9-17)25-20(19-10-7-15-29-19)18-13-11-16(2)12-14-18/h4-15,20-21,25H,3H2,1-2H3,(H2,24,26,27,28)/t20-,21+/m1/s1. The quantitative estimate of drug-likeness (QED) is 0.546. The number of benzene rings is 2. The van der Waals surface area contributed by atoms with Crippen molar-refractivity contribution in [2.75, 3.05) is 6.54 Å². The normalized spacial score (nSPS) is 12.8. The van der Waals surface area contributed by atoms with Crippen LogP contribution in [0.3, 0.4) is 0 Å². The molecule has 3 N–H and O–H groups in total. The van der Waals surface area contributed by atoms with E-state index in [2.05, 4.69) is 40.2 Å². The second-order valence-corrected chi connectivity index (χ2v) is 7.70. The minimum atomic E-state index is -0.688. The molecular weight excluding hydrogens is 382 g/mol. The summed E-state index contributed by atoms with van der Waals surface area (Å²) in [7, 11) is 0. The van der Waals surface area contributed by atoms with Gasteiger partial charge < -0.3 is 5.32 Å². The molecule has 29 heavy (non-hydrogen) atoms. The molecule has 3 rings (SSSR count). The first kappa shape index (κ1) is 20.8. The molecule has 0 aliphatic heterocycles. The third-order valence-corrected chi connectivity index (χ3v) is 5.48. The van der Waals surface area contributed by atoms with E-state index in [9.17, 15) is 9.59 Å². The Bertz CT molecular complexity index is 925. The molecule has 0 saturated carbocycles. The van der Waals surface area contributed by atoms with E-state index < -0.39 is 18.0 Å². The van der Waals surface area contributed by atoms with Gasteiger partial charge in [0.1, 0.15) is 6.04 Å². The summed E-state index contributed by atoms with van der Waals surface area (Å²) in [6.45, 7) is 4.30. The maximum Gasteiger partial charge on any atom is 0.321 e. The highest BCUT2D eigenvalue weighted by atomic mass is 32.1. The van der Waals surface area contributed by atoms with Gasteiger partial charge in [0.15, 0.2) is 0 Å². The van der Waals surface area contributed by atoms with E-state index >= 15 is 0 Å². The SMILES string of the molecule is CCNC(=O)NC(=O)[C@@H](N[C@H](c1ccc(C)cc1)c1cccs1)c1ccccc1. The van der Waals surface area contributed by atoms with Crippen molar-refractivity contribution in [2.45, 2.75) is 25.9 Å². The van der Waals surface area contributed by atoms with E-state index in [4.69, 9.17) is 0 Å². The van der Waals surface area contributed by atoms with Gasteiger partial charge >= 0.3 is 6.03 Å². The highest BCUT2D eigenvalue weighted by molar-refractivity contribution is 7.10. The average Bonchev–Trinajstić information content (AvgIpc) is 3.25. The van der Waals surface area contributed by atoms with Gasteiger partial charge in [0.2, 0.25) is 5.91 Å². The molecule has 0 aliphatic rings. The Hall–Kier alpha value is -2.96. The van der Waals surface area contributed by atoms with Crippen LogP contribution in [0.2, 0.25) is 0 Å². The monoisotopic (exact) mass is 407 g/mol. The Kier molecular flexibility index (Phi) is 7.16. The lowest BCUT2D eigenvalue weighted by atomic mass is 9.99. The minimum Gasteiger partial charge on any atom is -0.338 e. The zero-order valence-corrected chi connectivity index (χ0v) is 17.3. The van der Waals surface area contributed by atoms with Crippen LogP contribution in [0.15, 0.2) is 72.1 Å². The summed E-state index contributed by atoms with van der Waals surface area (Å²) in [6, 6.07) is 20.4. The molecule has 150 valence electrons. The summed E-state index contributed by atoms with van der Waals surface area (Å²) >= 11 is 1.63. The molecule has 0 unspecified atom stereocenters. The largest absolute Gasteiger partial charge is 0.338 e. The van der Waals surface area contributed by atoms with Gasteiger partial charge in [-0.05, 0) is 36.4 Å². The number of aryl methyl sites for hydroxylation is 1. The van der Waals surface area contributed by atoms with Gasteiger partial charge in [0.25, 0.3) is 0 Å². The summed E-state index contributed by atoms with van der Waals surface area (Å²) in [6.07, 6.45) is 0. The Morgan fingerprint density at radius 1 is 0.931 bits per heavy atom. The van der Waals surface area contributed by atoms with Crippen LogP contribution in [0, 0.1) is 6.92 Å². The van der Waals surface area contributed by atoms with Crippen LogP contribution in [-0.2, 0) is 4.79 Å². The molecule has 0 saturated heterocycles. The number of imide groups is 1. The molecule has 0 radical (unpaired) electrons. The van der Waals surface area contributed by atoms with Crippen molar-refractivity contribution < 1.29 is 9.59 Å². The predicted octanol–water partition coefficient (Wildman–Crippen LogP) is 4.32. The number of carbonyl (C=O) groups is 2. The maximum atomic E-state index is 13.0. The number of rotatable bonds is 7. The summed E-state index contributed by atoms with van der Waals surface area (Å²) in [4.78, 5) is 26.0. The highest BCUT2D eigenvalue weighted by Crippen LogP contribution is 2.29. The summed E-state index contributed by atoms with van der Waals surface area (Å²) < 4.78 is 0. The Balaban J connectivity index is 1.93.